The van der Waals surface area contributed by atoms with E-state index in [-0.39, 0.29) is 18.3 Å². The Hall–Kier alpha value is -3.42. The van der Waals surface area contributed by atoms with Crippen LogP contribution < -0.4 is 0 Å². The van der Waals surface area contributed by atoms with E-state index < -0.39 is 11.6 Å². The fraction of sp³-hybridized carbons (Fsp3) is 0.391. The van der Waals surface area contributed by atoms with E-state index in [1.807, 2.05) is 58.2 Å². The van der Waals surface area contributed by atoms with E-state index in [0.717, 1.165) is 28.1 Å². The SMILES string of the molecule is CCOC(=O)c1ncc(-c2ccc(-c3cn(CC(=O)OC(C)(C)C)nc3C)cc2)n1C. The van der Waals surface area contributed by atoms with Gasteiger partial charge >= 0.3 is 11.9 Å². The Morgan fingerprint density at radius 3 is 2.35 bits per heavy atom. The van der Waals surface area contributed by atoms with Crippen LogP contribution in [0.15, 0.2) is 36.7 Å². The number of esters is 2. The topological polar surface area (TPSA) is 88.2 Å². The number of aromatic nitrogens is 4. The molecular weight excluding hydrogens is 396 g/mol. The van der Waals surface area contributed by atoms with Gasteiger partial charge < -0.3 is 14.0 Å². The quantitative estimate of drug-likeness (QED) is 0.560. The molecule has 0 unspecified atom stereocenters. The maximum absolute atomic E-state index is 12.1. The molecule has 8 heteroatoms. The first kappa shape index (κ1) is 22.3. The van der Waals surface area contributed by atoms with E-state index in [2.05, 4.69) is 10.1 Å². The monoisotopic (exact) mass is 424 g/mol. The maximum Gasteiger partial charge on any atom is 0.374 e. The molecular formula is C23H28N4O4. The molecule has 0 aliphatic heterocycles. The van der Waals surface area contributed by atoms with E-state index in [9.17, 15) is 9.59 Å². The molecule has 3 rings (SSSR count). The van der Waals surface area contributed by atoms with Crippen LogP contribution in [-0.2, 0) is 27.9 Å². The number of imidazole rings is 1. The minimum absolute atomic E-state index is 0.0574. The van der Waals surface area contributed by atoms with E-state index in [0.29, 0.717) is 6.61 Å². The fourth-order valence-electron chi connectivity index (χ4n) is 3.27. The van der Waals surface area contributed by atoms with Crippen LogP contribution in [0.1, 0.15) is 44.0 Å². The number of benzene rings is 1. The molecule has 164 valence electrons. The van der Waals surface area contributed by atoms with Crippen molar-refractivity contribution in [3.8, 4) is 22.4 Å². The molecule has 0 amide bonds. The van der Waals surface area contributed by atoms with Crippen LogP contribution in [0.2, 0.25) is 0 Å². The van der Waals surface area contributed by atoms with Crippen molar-refractivity contribution in [2.24, 2.45) is 7.05 Å². The number of ether oxygens (including phenoxy) is 2. The Morgan fingerprint density at radius 1 is 1.10 bits per heavy atom. The zero-order valence-electron chi connectivity index (χ0n) is 18.8. The highest BCUT2D eigenvalue weighted by Gasteiger charge is 2.19. The van der Waals surface area contributed by atoms with Gasteiger partial charge in [0, 0.05) is 18.8 Å². The standard InChI is InChI=1S/C23H28N4O4/c1-7-30-22(29)21-24-12-19(26(21)6)17-10-8-16(9-11-17)18-13-27(25-15(18)2)14-20(28)31-23(3,4)5/h8-13H,7,14H2,1-6H3. The molecule has 2 aromatic heterocycles. The van der Waals surface area contributed by atoms with Crippen molar-refractivity contribution < 1.29 is 19.1 Å². The summed E-state index contributed by atoms with van der Waals surface area (Å²) < 4.78 is 13.7. The molecule has 0 saturated carbocycles. The average Bonchev–Trinajstić information content (AvgIpc) is 3.23. The zero-order chi connectivity index (χ0) is 22.8. The number of aryl methyl sites for hydroxylation is 1. The summed E-state index contributed by atoms with van der Waals surface area (Å²) >= 11 is 0. The number of carbonyl (C=O) groups excluding carboxylic acids is 2. The minimum atomic E-state index is -0.531. The van der Waals surface area contributed by atoms with Gasteiger partial charge in [-0.15, -0.1) is 0 Å². The maximum atomic E-state index is 12.1. The second-order valence-electron chi connectivity index (χ2n) is 8.24. The Labute approximate surface area is 181 Å². The molecule has 0 aliphatic rings. The molecule has 0 fully saturated rings. The normalized spacial score (nSPS) is 11.4. The van der Waals surface area contributed by atoms with Gasteiger partial charge in [0.25, 0.3) is 0 Å². The van der Waals surface area contributed by atoms with Crippen LogP contribution in [0.25, 0.3) is 22.4 Å². The minimum Gasteiger partial charge on any atom is -0.460 e. The van der Waals surface area contributed by atoms with Crippen molar-refractivity contribution in [2.75, 3.05) is 6.61 Å². The number of rotatable bonds is 6. The van der Waals surface area contributed by atoms with Crippen LogP contribution in [0.3, 0.4) is 0 Å². The largest absolute Gasteiger partial charge is 0.460 e. The Bertz CT molecular complexity index is 1090. The first-order valence-corrected chi connectivity index (χ1v) is 10.1. The molecule has 2 heterocycles. The van der Waals surface area contributed by atoms with E-state index in [4.69, 9.17) is 9.47 Å². The molecule has 3 aromatic rings. The van der Waals surface area contributed by atoms with E-state index in [1.54, 1.807) is 29.4 Å². The lowest BCUT2D eigenvalue weighted by atomic mass is 10.0. The van der Waals surface area contributed by atoms with E-state index >= 15 is 0 Å². The second-order valence-corrected chi connectivity index (χ2v) is 8.24. The summed E-state index contributed by atoms with van der Waals surface area (Å²) in [7, 11) is 1.79. The third-order valence-corrected chi connectivity index (χ3v) is 4.60. The van der Waals surface area contributed by atoms with Crippen molar-refractivity contribution in [1.82, 2.24) is 19.3 Å². The van der Waals surface area contributed by atoms with Crippen LogP contribution in [0.5, 0.6) is 0 Å². The van der Waals surface area contributed by atoms with E-state index in [1.165, 1.54) is 0 Å². The summed E-state index contributed by atoms with van der Waals surface area (Å²) in [6, 6.07) is 7.89. The summed E-state index contributed by atoms with van der Waals surface area (Å²) in [5, 5.41) is 4.44. The summed E-state index contributed by atoms with van der Waals surface area (Å²) in [4.78, 5) is 28.3. The van der Waals surface area contributed by atoms with Crippen molar-refractivity contribution in [1.29, 1.82) is 0 Å². The van der Waals surface area contributed by atoms with Gasteiger partial charge in [-0.25, -0.2) is 9.78 Å². The van der Waals surface area contributed by atoms with Crippen LogP contribution >= 0.6 is 0 Å². The Kier molecular flexibility index (Phi) is 6.29. The first-order valence-electron chi connectivity index (χ1n) is 10.1. The summed E-state index contributed by atoms with van der Waals surface area (Å²) in [6.45, 7) is 9.54. The van der Waals surface area contributed by atoms with Gasteiger partial charge in [0.2, 0.25) is 5.82 Å². The van der Waals surface area contributed by atoms with Gasteiger partial charge in [0.1, 0.15) is 12.1 Å². The fourth-order valence-corrected chi connectivity index (χ4v) is 3.27. The van der Waals surface area contributed by atoms with Gasteiger partial charge in [-0.3, -0.25) is 9.48 Å². The lowest BCUT2D eigenvalue weighted by Gasteiger charge is -2.19. The van der Waals surface area contributed by atoms with Gasteiger partial charge in [0.15, 0.2) is 0 Å². The highest BCUT2D eigenvalue weighted by molar-refractivity contribution is 5.86. The van der Waals surface area contributed by atoms with Crippen molar-refractivity contribution in [2.45, 2.75) is 46.8 Å². The molecule has 1 aromatic carbocycles. The highest BCUT2D eigenvalue weighted by atomic mass is 16.6. The van der Waals surface area contributed by atoms with Crippen LogP contribution in [0, 0.1) is 6.92 Å². The highest BCUT2D eigenvalue weighted by Crippen LogP contribution is 2.27. The van der Waals surface area contributed by atoms with Crippen molar-refractivity contribution >= 4 is 11.9 Å². The molecule has 0 atom stereocenters. The summed E-state index contributed by atoms with van der Waals surface area (Å²) in [5.74, 6) is -0.508. The lowest BCUT2D eigenvalue weighted by Crippen LogP contribution is -2.26. The summed E-state index contributed by atoms with van der Waals surface area (Å²) in [5.41, 5.74) is 3.94. The average molecular weight is 425 g/mol. The van der Waals surface area contributed by atoms with Crippen LogP contribution in [0.4, 0.5) is 0 Å². The third kappa shape index (κ3) is 5.20. The Balaban J connectivity index is 1.79. The number of hydrogen-bond acceptors (Lipinski definition) is 6. The molecule has 31 heavy (non-hydrogen) atoms. The van der Waals surface area contributed by atoms with Gasteiger partial charge in [-0.05, 0) is 45.7 Å². The number of carbonyl (C=O) groups is 2. The van der Waals surface area contributed by atoms with Gasteiger partial charge in [0.05, 0.1) is 24.2 Å². The third-order valence-electron chi connectivity index (χ3n) is 4.60. The smallest absolute Gasteiger partial charge is 0.374 e. The molecule has 8 nitrogen and oxygen atoms in total. The molecule has 0 spiro atoms. The van der Waals surface area contributed by atoms with Crippen molar-refractivity contribution in [3.63, 3.8) is 0 Å². The summed E-state index contributed by atoms with van der Waals surface area (Å²) in [6.07, 6.45) is 3.50. The molecule has 0 bridgehead atoms. The second kappa shape index (κ2) is 8.75. The molecule has 0 radical (unpaired) electrons. The lowest BCUT2D eigenvalue weighted by molar-refractivity contribution is -0.155. The van der Waals surface area contributed by atoms with Crippen molar-refractivity contribution in [3.05, 3.63) is 48.2 Å². The molecule has 0 N–H and O–H groups in total. The van der Waals surface area contributed by atoms with Gasteiger partial charge in [-0.2, -0.15) is 5.10 Å². The number of hydrogen-bond donors (Lipinski definition) is 0. The Morgan fingerprint density at radius 2 is 1.74 bits per heavy atom. The number of nitrogens with zero attached hydrogens (tertiary/aromatic N) is 4. The van der Waals surface area contributed by atoms with Gasteiger partial charge in [-0.1, -0.05) is 24.3 Å². The van der Waals surface area contributed by atoms with Crippen LogP contribution in [-0.4, -0.2) is 43.5 Å². The first-order chi connectivity index (χ1) is 14.6. The zero-order valence-corrected chi connectivity index (χ0v) is 18.8. The molecule has 0 aliphatic carbocycles. The predicted octanol–water partition coefficient (Wildman–Crippen LogP) is 3.78. The molecule has 0 saturated heterocycles. The predicted molar refractivity (Wildman–Crippen MR) is 116 cm³/mol.